The number of nitrogens with zero attached hydrogens (tertiary/aromatic N) is 2. The topological polar surface area (TPSA) is 99.2 Å². The molecule has 2 N–H and O–H groups in total. The van der Waals surface area contributed by atoms with Crippen molar-refractivity contribution in [1.29, 1.82) is 0 Å². The third-order valence-corrected chi connectivity index (χ3v) is 6.54. The van der Waals surface area contributed by atoms with E-state index in [0.29, 0.717) is 24.3 Å². The van der Waals surface area contributed by atoms with Crippen LogP contribution < -0.4 is 10.2 Å². The highest BCUT2D eigenvalue weighted by Gasteiger charge is 2.32. The summed E-state index contributed by atoms with van der Waals surface area (Å²) in [6.07, 6.45) is 1.74. The molecule has 2 aromatic rings. The number of rotatable bonds is 11. The summed E-state index contributed by atoms with van der Waals surface area (Å²) < 4.78 is 32.7. The van der Waals surface area contributed by atoms with Gasteiger partial charge in [0.25, 0.3) is 5.91 Å². The molecule has 0 unspecified atom stereocenters. The molecule has 0 saturated heterocycles. The maximum absolute atomic E-state index is 13.0. The van der Waals surface area contributed by atoms with Crippen molar-refractivity contribution in [2.45, 2.75) is 30.2 Å². The molecule has 164 valence electrons. The van der Waals surface area contributed by atoms with Gasteiger partial charge in [0.05, 0.1) is 4.90 Å². The lowest BCUT2D eigenvalue weighted by atomic mass is 10.1. The van der Waals surface area contributed by atoms with Gasteiger partial charge < -0.3 is 9.64 Å². The van der Waals surface area contributed by atoms with Crippen LogP contribution in [0.4, 0.5) is 0 Å². The molecule has 9 heteroatoms. The molecule has 0 aliphatic rings. The van der Waals surface area contributed by atoms with E-state index in [9.17, 15) is 13.2 Å². The van der Waals surface area contributed by atoms with Crippen LogP contribution in [0.2, 0.25) is 0 Å². The van der Waals surface area contributed by atoms with Crippen molar-refractivity contribution in [3.8, 4) is 11.5 Å². The Bertz CT molecular complexity index is 902. The molecule has 1 atom stereocenters. The van der Waals surface area contributed by atoms with Crippen molar-refractivity contribution >= 4 is 15.9 Å². The molecule has 0 spiro atoms. The van der Waals surface area contributed by atoms with Gasteiger partial charge in [-0.2, -0.15) is 4.31 Å². The van der Waals surface area contributed by atoms with E-state index in [1.807, 2.05) is 37.2 Å². The molecule has 0 bridgehead atoms. The second-order valence-corrected chi connectivity index (χ2v) is 9.20. The second kappa shape index (κ2) is 11.1. The predicted octanol–water partition coefficient (Wildman–Crippen LogP) is 2.71. The van der Waals surface area contributed by atoms with Gasteiger partial charge in [0, 0.05) is 7.05 Å². The second-order valence-electron chi connectivity index (χ2n) is 7.20. The molecule has 0 aromatic heterocycles. The number of carbonyl (C=O) groups is 1. The van der Waals surface area contributed by atoms with E-state index >= 15 is 0 Å². The molecule has 8 nitrogen and oxygen atoms in total. The smallest absolute Gasteiger partial charge is 0.261 e. The van der Waals surface area contributed by atoms with Crippen LogP contribution in [-0.2, 0) is 14.8 Å². The van der Waals surface area contributed by atoms with Gasteiger partial charge in [0.2, 0.25) is 10.0 Å². The number of sulfonamides is 1. The third kappa shape index (κ3) is 6.53. The van der Waals surface area contributed by atoms with Crippen LogP contribution in [0.15, 0.2) is 59.5 Å². The highest BCUT2D eigenvalue weighted by molar-refractivity contribution is 7.89. The predicted molar refractivity (Wildman–Crippen MR) is 114 cm³/mol. The summed E-state index contributed by atoms with van der Waals surface area (Å²) in [4.78, 5) is 14.2. The SMILES string of the molecule is CN(C)CCCC[C@H](C(=O)NO)N(C)S(=O)(=O)c1ccc(Oc2ccccc2)cc1. The summed E-state index contributed by atoms with van der Waals surface area (Å²) in [5, 5.41) is 9.07. The normalized spacial score (nSPS) is 12.7. The van der Waals surface area contributed by atoms with Gasteiger partial charge in [-0.1, -0.05) is 24.6 Å². The van der Waals surface area contributed by atoms with Crippen molar-refractivity contribution in [2.24, 2.45) is 0 Å². The van der Waals surface area contributed by atoms with E-state index in [2.05, 4.69) is 0 Å². The number of carbonyl (C=O) groups excluding carboxylic acids is 1. The zero-order valence-electron chi connectivity index (χ0n) is 17.5. The Labute approximate surface area is 178 Å². The third-order valence-electron chi connectivity index (χ3n) is 4.66. The molecule has 2 rings (SSSR count). The summed E-state index contributed by atoms with van der Waals surface area (Å²) in [6, 6.07) is 14.1. The molecule has 0 radical (unpaired) electrons. The minimum Gasteiger partial charge on any atom is -0.457 e. The molecule has 0 aliphatic carbocycles. The Morgan fingerprint density at radius 2 is 1.60 bits per heavy atom. The first-order valence-corrected chi connectivity index (χ1v) is 11.1. The molecule has 0 heterocycles. The summed E-state index contributed by atoms with van der Waals surface area (Å²) in [6.45, 7) is 0.826. The first kappa shape index (κ1) is 23.8. The van der Waals surface area contributed by atoms with Gasteiger partial charge in [0.15, 0.2) is 0 Å². The largest absolute Gasteiger partial charge is 0.457 e. The number of nitrogens with one attached hydrogen (secondary N) is 1. The summed E-state index contributed by atoms with van der Waals surface area (Å²) in [7, 11) is 1.29. The van der Waals surface area contributed by atoms with Crippen LogP contribution in [0.3, 0.4) is 0 Å². The number of hydroxylamine groups is 1. The molecule has 0 fully saturated rings. The van der Waals surface area contributed by atoms with Gasteiger partial charge >= 0.3 is 0 Å². The number of unbranched alkanes of at least 4 members (excludes halogenated alkanes) is 1. The van der Waals surface area contributed by atoms with Crippen molar-refractivity contribution in [1.82, 2.24) is 14.7 Å². The van der Waals surface area contributed by atoms with E-state index in [1.54, 1.807) is 29.7 Å². The van der Waals surface area contributed by atoms with Crippen LogP contribution in [-0.4, -0.2) is 62.5 Å². The van der Waals surface area contributed by atoms with E-state index in [-0.39, 0.29) is 4.90 Å². The van der Waals surface area contributed by atoms with Crippen LogP contribution in [0.1, 0.15) is 19.3 Å². The lowest BCUT2D eigenvalue weighted by molar-refractivity contribution is -0.133. The first-order chi connectivity index (χ1) is 14.3. The number of para-hydroxylation sites is 1. The van der Waals surface area contributed by atoms with Gasteiger partial charge in [-0.05, 0) is 69.9 Å². The average molecular weight is 436 g/mol. The van der Waals surface area contributed by atoms with Crippen molar-refractivity contribution in [3.63, 3.8) is 0 Å². The molecule has 30 heavy (non-hydrogen) atoms. The fourth-order valence-corrected chi connectivity index (χ4v) is 4.31. The maximum atomic E-state index is 13.0. The summed E-state index contributed by atoms with van der Waals surface area (Å²) in [5.74, 6) is 0.383. The van der Waals surface area contributed by atoms with Gasteiger partial charge in [-0.3, -0.25) is 10.0 Å². The minimum atomic E-state index is -3.94. The molecule has 1 amide bonds. The van der Waals surface area contributed by atoms with Crippen molar-refractivity contribution in [3.05, 3.63) is 54.6 Å². The molecular weight excluding hydrogens is 406 g/mol. The van der Waals surface area contributed by atoms with Crippen LogP contribution in [0.25, 0.3) is 0 Å². The Morgan fingerprint density at radius 1 is 1.00 bits per heavy atom. The number of ether oxygens (including phenoxy) is 1. The van der Waals surface area contributed by atoms with E-state index in [4.69, 9.17) is 9.94 Å². The lowest BCUT2D eigenvalue weighted by Gasteiger charge is -2.26. The molecule has 2 aromatic carbocycles. The summed E-state index contributed by atoms with van der Waals surface area (Å²) >= 11 is 0. The number of likely N-dealkylation sites (N-methyl/N-ethyl adjacent to an activating group) is 1. The Kier molecular flexibility index (Phi) is 8.79. The highest BCUT2D eigenvalue weighted by Crippen LogP contribution is 2.25. The number of benzene rings is 2. The molecular formula is C21H29N3O5S. The molecule has 0 saturated carbocycles. The highest BCUT2D eigenvalue weighted by atomic mass is 32.2. The number of hydrogen-bond acceptors (Lipinski definition) is 6. The average Bonchev–Trinajstić information content (AvgIpc) is 2.73. The quantitative estimate of drug-likeness (QED) is 0.320. The van der Waals surface area contributed by atoms with E-state index in [0.717, 1.165) is 17.3 Å². The monoisotopic (exact) mass is 435 g/mol. The Hall–Kier alpha value is -2.46. The van der Waals surface area contributed by atoms with Crippen LogP contribution >= 0.6 is 0 Å². The zero-order valence-corrected chi connectivity index (χ0v) is 18.3. The fourth-order valence-electron chi connectivity index (χ4n) is 2.96. The first-order valence-electron chi connectivity index (χ1n) is 9.65. The van der Waals surface area contributed by atoms with Crippen LogP contribution in [0, 0.1) is 0 Å². The maximum Gasteiger partial charge on any atom is 0.261 e. The Morgan fingerprint density at radius 3 is 2.17 bits per heavy atom. The Balaban J connectivity index is 2.12. The van der Waals surface area contributed by atoms with Crippen molar-refractivity contribution < 1.29 is 23.2 Å². The van der Waals surface area contributed by atoms with E-state index in [1.165, 1.54) is 19.2 Å². The number of amides is 1. The van der Waals surface area contributed by atoms with Crippen LogP contribution in [0.5, 0.6) is 11.5 Å². The van der Waals surface area contributed by atoms with Gasteiger partial charge in [-0.15, -0.1) is 0 Å². The zero-order chi connectivity index (χ0) is 22.1. The van der Waals surface area contributed by atoms with Crippen molar-refractivity contribution in [2.75, 3.05) is 27.7 Å². The lowest BCUT2D eigenvalue weighted by Crippen LogP contribution is -2.46. The van der Waals surface area contributed by atoms with Gasteiger partial charge in [0.1, 0.15) is 17.5 Å². The molecule has 0 aliphatic heterocycles. The summed E-state index contributed by atoms with van der Waals surface area (Å²) in [5.41, 5.74) is 1.58. The minimum absolute atomic E-state index is 0.0365. The fraction of sp³-hybridized carbons (Fsp3) is 0.381. The van der Waals surface area contributed by atoms with E-state index < -0.39 is 22.0 Å². The number of hydrogen-bond donors (Lipinski definition) is 2. The van der Waals surface area contributed by atoms with Gasteiger partial charge in [-0.25, -0.2) is 13.9 Å². The standard InChI is InChI=1S/C21H29N3O5S/c1-23(2)16-8-7-11-20(21(25)22-26)24(3)30(27,28)19-14-12-18(13-15-19)29-17-9-5-4-6-10-17/h4-6,9-10,12-15,20,26H,7-8,11,16H2,1-3H3,(H,22,25)/t20-/m1/s1.